The number of imidazole rings is 1. The summed E-state index contributed by atoms with van der Waals surface area (Å²) in [5.41, 5.74) is 6.67. The van der Waals surface area contributed by atoms with Gasteiger partial charge >= 0.3 is 0 Å². The summed E-state index contributed by atoms with van der Waals surface area (Å²) >= 11 is 0. The van der Waals surface area contributed by atoms with E-state index < -0.39 is 0 Å². The topological polar surface area (TPSA) is 88.9 Å². The van der Waals surface area contributed by atoms with Crippen LogP contribution in [0.4, 0.5) is 11.6 Å². The van der Waals surface area contributed by atoms with Crippen LogP contribution in [0.15, 0.2) is 18.6 Å². The van der Waals surface area contributed by atoms with Crippen molar-refractivity contribution in [2.75, 3.05) is 36.9 Å². The summed E-state index contributed by atoms with van der Waals surface area (Å²) < 4.78 is 7.46. The lowest BCUT2D eigenvalue weighted by molar-refractivity contribution is 0.0158. The van der Waals surface area contributed by atoms with Crippen molar-refractivity contribution in [3.63, 3.8) is 0 Å². The Morgan fingerprint density at radius 3 is 2.95 bits per heavy atom. The van der Waals surface area contributed by atoms with Crippen molar-refractivity contribution in [2.45, 2.75) is 18.9 Å². The smallest absolute Gasteiger partial charge is 0.180 e. The number of fused-ring (bicyclic) bond motifs is 1. The monoisotopic (exact) mass is 277 g/mol. The van der Waals surface area contributed by atoms with Crippen LogP contribution in [0.2, 0.25) is 0 Å². The van der Waals surface area contributed by atoms with E-state index in [1.54, 1.807) is 12.4 Å². The summed E-state index contributed by atoms with van der Waals surface area (Å²) in [5.74, 6) is 1.32. The minimum absolute atomic E-state index is 0.0751. The third-order valence-electron chi connectivity index (χ3n) is 3.56. The number of aliphatic hydroxyl groups is 1. The molecule has 0 saturated carbocycles. The maximum atomic E-state index is 8.78. The molecule has 20 heavy (non-hydrogen) atoms. The predicted octanol–water partition coefficient (Wildman–Crippen LogP) is 0.289. The second-order valence-electron chi connectivity index (χ2n) is 4.93. The Labute approximate surface area is 117 Å². The summed E-state index contributed by atoms with van der Waals surface area (Å²) in [6, 6.07) is 0. The zero-order valence-corrected chi connectivity index (χ0v) is 11.3. The van der Waals surface area contributed by atoms with Crippen molar-refractivity contribution >= 4 is 17.3 Å². The first kappa shape index (κ1) is 13.1. The normalized spacial score (nSPS) is 16.9. The molecule has 1 aliphatic heterocycles. The van der Waals surface area contributed by atoms with Gasteiger partial charge in [-0.15, -0.1) is 0 Å². The second-order valence-corrected chi connectivity index (χ2v) is 4.93. The highest BCUT2D eigenvalue weighted by Gasteiger charge is 2.22. The molecule has 7 heteroatoms. The van der Waals surface area contributed by atoms with Crippen molar-refractivity contribution in [3.05, 3.63) is 18.6 Å². The third-order valence-corrected chi connectivity index (χ3v) is 3.56. The molecule has 0 aliphatic carbocycles. The molecule has 0 atom stereocenters. The Balaban J connectivity index is 1.75. The highest BCUT2D eigenvalue weighted by Crippen LogP contribution is 2.24. The molecular formula is C13H19N5O2. The fraction of sp³-hybridized carbons (Fsp3) is 0.538. The summed E-state index contributed by atoms with van der Waals surface area (Å²) in [6.45, 7) is 2.20. The lowest BCUT2D eigenvalue weighted by atomic mass is 10.1. The van der Waals surface area contributed by atoms with Crippen LogP contribution in [0.1, 0.15) is 12.8 Å². The molecule has 0 radical (unpaired) electrons. The molecule has 0 unspecified atom stereocenters. The maximum Gasteiger partial charge on any atom is 0.180 e. The van der Waals surface area contributed by atoms with Gasteiger partial charge in [-0.1, -0.05) is 0 Å². The third kappa shape index (κ3) is 2.54. The van der Waals surface area contributed by atoms with E-state index in [-0.39, 0.29) is 12.7 Å². The van der Waals surface area contributed by atoms with E-state index in [4.69, 9.17) is 15.6 Å². The number of rotatable bonds is 4. The lowest BCUT2D eigenvalue weighted by Crippen LogP contribution is -2.38. The Hall–Kier alpha value is -1.86. The molecule has 0 bridgehead atoms. The zero-order valence-electron chi connectivity index (χ0n) is 11.3. The van der Waals surface area contributed by atoms with Crippen LogP contribution < -0.4 is 10.6 Å². The number of ether oxygens (including phenoxy) is 1. The predicted molar refractivity (Wildman–Crippen MR) is 75.7 cm³/mol. The van der Waals surface area contributed by atoms with E-state index in [0.717, 1.165) is 37.4 Å². The number of anilines is 2. The highest BCUT2D eigenvalue weighted by molar-refractivity contribution is 5.66. The van der Waals surface area contributed by atoms with E-state index in [2.05, 4.69) is 14.9 Å². The average molecular weight is 277 g/mol. The Bertz CT molecular complexity index is 577. The highest BCUT2D eigenvalue weighted by atomic mass is 16.5. The van der Waals surface area contributed by atoms with Gasteiger partial charge in [0.15, 0.2) is 11.5 Å². The van der Waals surface area contributed by atoms with Crippen molar-refractivity contribution in [1.82, 2.24) is 14.4 Å². The first-order chi connectivity index (χ1) is 9.78. The van der Waals surface area contributed by atoms with E-state index >= 15 is 0 Å². The van der Waals surface area contributed by atoms with Gasteiger partial charge in [-0.2, -0.15) is 0 Å². The molecule has 108 valence electrons. The Kier molecular flexibility index (Phi) is 3.70. The number of hydrogen-bond donors (Lipinski definition) is 2. The fourth-order valence-corrected chi connectivity index (χ4v) is 2.60. The van der Waals surface area contributed by atoms with Gasteiger partial charge in [0.1, 0.15) is 5.82 Å². The van der Waals surface area contributed by atoms with Crippen LogP contribution in [0.5, 0.6) is 0 Å². The lowest BCUT2D eigenvalue weighted by Gasteiger charge is -2.32. The quantitative estimate of drug-likeness (QED) is 0.835. The first-order valence-corrected chi connectivity index (χ1v) is 6.84. The van der Waals surface area contributed by atoms with E-state index in [9.17, 15) is 0 Å². The molecule has 1 saturated heterocycles. The molecule has 1 aliphatic rings. The number of hydrogen-bond acceptors (Lipinski definition) is 6. The first-order valence-electron chi connectivity index (χ1n) is 6.84. The molecule has 0 aromatic carbocycles. The van der Waals surface area contributed by atoms with E-state index in [1.807, 2.05) is 10.6 Å². The number of aliphatic hydroxyl groups excluding tert-OH is 1. The van der Waals surface area contributed by atoms with Gasteiger partial charge in [-0.25, -0.2) is 9.97 Å². The zero-order chi connectivity index (χ0) is 13.9. The van der Waals surface area contributed by atoms with Crippen molar-refractivity contribution in [3.8, 4) is 0 Å². The van der Waals surface area contributed by atoms with Crippen LogP contribution in [0.25, 0.3) is 5.65 Å². The number of nitrogen functional groups attached to an aromatic ring is 1. The average Bonchev–Trinajstić information content (AvgIpc) is 2.93. The van der Waals surface area contributed by atoms with Crippen LogP contribution in [0.3, 0.4) is 0 Å². The number of aromatic nitrogens is 3. The minimum Gasteiger partial charge on any atom is -0.394 e. The van der Waals surface area contributed by atoms with Gasteiger partial charge in [0, 0.05) is 25.5 Å². The molecule has 3 rings (SSSR count). The number of nitrogens with two attached hydrogens (primary N) is 1. The number of nitrogens with zero attached hydrogens (tertiary/aromatic N) is 4. The summed E-state index contributed by atoms with van der Waals surface area (Å²) in [6.07, 6.45) is 7.44. The molecule has 3 heterocycles. The molecule has 0 spiro atoms. The van der Waals surface area contributed by atoms with E-state index in [1.165, 1.54) is 0 Å². The molecular weight excluding hydrogens is 258 g/mol. The van der Waals surface area contributed by atoms with E-state index in [0.29, 0.717) is 12.4 Å². The summed E-state index contributed by atoms with van der Waals surface area (Å²) in [7, 11) is 0. The largest absolute Gasteiger partial charge is 0.394 e. The Morgan fingerprint density at radius 2 is 2.20 bits per heavy atom. The summed E-state index contributed by atoms with van der Waals surface area (Å²) in [5, 5.41) is 8.78. The molecule has 2 aromatic heterocycles. The number of piperidine rings is 1. The van der Waals surface area contributed by atoms with Gasteiger partial charge in [-0.05, 0) is 12.8 Å². The van der Waals surface area contributed by atoms with Crippen molar-refractivity contribution in [1.29, 1.82) is 0 Å². The SMILES string of the molecule is Nc1cn2ccnc2c(N2CCC(OCCO)CC2)n1. The summed E-state index contributed by atoms with van der Waals surface area (Å²) in [4.78, 5) is 11.0. The van der Waals surface area contributed by atoms with Crippen molar-refractivity contribution in [2.24, 2.45) is 0 Å². The van der Waals surface area contributed by atoms with Crippen LogP contribution >= 0.6 is 0 Å². The van der Waals surface area contributed by atoms with Crippen LogP contribution in [0, 0.1) is 0 Å². The van der Waals surface area contributed by atoms with Gasteiger partial charge in [-0.3, -0.25) is 0 Å². The fourth-order valence-electron chi connectivity index (χ4n) is 2.60. The van der Waals surface area contributed by atoms with Gasteiger partial charge in [0.2, 0.25) is 0 Å². The molecule has 2 aromatic rings. The van der Waals surface area contributed by atoms with Crippen LogP contribution in [-0.2, 0) is 4.74 Å². The molecule has 3 N–H and O–H groups in total. The van der Waals surface area contributed by atoms with Gasteiger partial charge < -0.3 is 24.9 Å². The second kappa shape index (κ2) is 5.64. The van der Waals surface area contributed by atoms with Gasteiger partial charge in [0.05, 0.1) is 25.5 Å². The maximum absolute atomic E-state index is 8.78. The van der Waals surface area contributed by atoms with Crippen LogP contribution in [-0.4, -0.2) is 51.9 Å². The van der Waals surface area contributed by atoms with Crippen molar-refractivity contribution < 1.29 is 9.84 Å². The Morgan fingerprint density at radius 1 is 1.40 bits per heavy atom. The molecule has 7 nitrogen and oxygen atoms in total. The minimum atomic E-state index is 0.0751. The molecule has 0 amide bonds. The van der Waals surface area contributed by atoms with Gasteiger partial charge in [0.25, 0.3) is 0 Å². The standard InChI is InChI=1S/C13H19N5O2/c14-11-9-18-6-3-15-12(18)13(16-11)17-4-1-10(2-5-17)20-8-7-19/h3,6,9-10,19H,1-2,4-5,7-8,14H2. The molecule has 1 fully saturated rings.